The molecule has 1 saturated heterocycles. The molecule has 1 aromatic carbocycles. The average Bonchev–Trinajstić information content (AvgIpc) is 2.56. The molecule has 1 fully saturated rings. The summed E-state index contributed by atoms with van der Waals surface area (Å²) in [6, 6.07) is 2.11. The minimum absolute atomic E-state index is 0.00155. The summed E-state index contributed by atoms with van der Waals surface area (Å²) in [4.78, 5) is 13.3. The zero-order chi connectivity index (χ0) is 17.1. The van der Waals surface area contributed by atoms with Crippen molar-refractivity contribution in [3.05, 3.63) is 29.1 Å². The molecule has 0 spiro atoms. The van der Waals surface area contributed by atoms with E-state index in [2.05, 4.69) is 0 Å². The Hall–Kier alpha value is -1.70. The van der Waals surface area contributed by atoms with E-state index in [-0.39, 0.29) is 11.7 Å². The van der Waals surface area contributed by atoms with Crippen LogP contribution >= 0.6 is 0 Å². The Labute approximate surface area is 134 Å². The number of likely N-dealkylation sites (tertiary alicyclic amines) is 1. The van der Waals surface area contributed by atoms with Crippen molar-refractivity contribution in [1.82, 2.24) is 4.90 Å². The molecule has 2 rings (SSSR count). The number of halogens is 1. The van der Waals surface area contributed by atoms with Crippen molar-refractivity contribution in [1.29, 1.82) is 0 Å². The lowest BCUT2D eigenvalue weighted by Crippen LogP contribution is -2.46. The minimum atomic E-state index is -1.39. The number of piperidine rings is 1. The first-order valence-electron chi connectivity index (χ1n) is 7.67. The molecular formula is C16H23FN2O4. The molecule has 7 heteroatoms. The second kappa shape index (κ2) is 7.25. The molecule has 6 nitrogen and oxygen atoms in total. The highest BCUT2D eigenvalue weighted by Crippen LogP contribution is 2.34. The number of carbonyl (C=O) groups is 1. The Kier molecular flexibility index (Phi) is 5.56. The van der Waals surface area contributed by atoms with Crippen LogP contribution in [-0.4, -0.2) is 51.9 Å². The summed E-state index contributed by atoms with van der Waals surface area (Å²) in [5.41, 5.74) is 6.90. The Bertz CT molecular complexity index is 573. The van der Waals surface area contributed by atoms with Gasteiger partial charge in [0.2, 0.25) is 0 Å². The molecule has 0 aromatic heterocycles. The average molecular weight is 326 g/mol. The fourth-order valence-corrected chi connectivity index (χ4v) is 2.97. The third-order valence-corrected chi connectivity index (χ3v) is 4.48. The lowest BCUT2D eigenvalue weighted by molar-refractivity contribution is -0.143. The Morgan fingerprint density at radius 2 is 2.04 bits per heavy atom. The van der Waals surface area contributed by atoms with Crippen LogP contribution < -0.4 is 5.73 Å². The zero-order valence-corrected chi connectivity index (χ0v) is 13.1. The number of carbonyl (C=O) groups excluding carboxylic acids is 1. The van der Waals surface area contributed by atoms with Crippen LogP contribution in [0, 0.1) is 18.7 Å². The maximum Gasteiger partial charge on any atom is 0.253 e. The summed E-state index contributed by atoms with van der Waals surface area (Å²) >= 11 is 0. The fraction of sp³-hybridized carbons (Fsp3) is 0.562. The van der Waals surface area contributed by atoms with Crippen molar-refractivity contribution in [2.75, 3.05) is 19.7 Å². The molecule has 0 aliphatic carbocycles. The largest absolute Gasteiger partial charge is 0.508 e. The summed E-state index contributed by atoms with van der Waals surface area (Å²) in [5.74, 6) is -0.931. The van der Waals surface area contributed by atoms with Gasteiger partial charge in [0.1, 0.15) is 11.6 Å². The van der Waals surface area contributed by atoms with Crippen molar-refractivity contribution in [2.24, 2.45) is 11.7 Å². The summed E-state index contributed by atoms with van der Waals surface area (Å²) in [7, 11) is 0. The van der Waals surface area contributed by atoms with Gasteiger partial charge in [-0.05, 0) is 43.4 Å². The summed E-state index contributed by atoms with van der Waals surface area (Å²) in [6.45, 7) is 1.78. The molecule has 1 aromatic rings. The summed E-state index contributed by atoms with van der Waals surface area (Å²) in [5, 5.41) is 28.2. The van der Waals surface area contributed by atoms with Crippen LogP contribution in [0.3, 0.4) is 0 Å². The van der Waals surface area contributed by atoms with E-state index in [0.717, 1.165) is 0 Å². The maximum atomic E-state index is 13.7. The predicted octanol–water partition coefficient (Wildman–Crippen LogP) is 0.431. The first kappa shape index (κ1) is 17.7. The molecule has 1 aliphatic rings. The second-order valence-electron chi connectivity index (χ2n) is 6.05. The molecule has 1 heterocycles. The predicted molar refractivity (Wildman–Crippen MR) is 82.1 cm³/mol. The second-order valence-corrected chi connectivity index (χ2v) is 6.05. The highest BCUT2D eigenvalue weighted by atomic mass is 19.1. The maximum absolute atomic E-state index is 13.7. The third kappa shape index (κ3) is 3.80. The fourth-order valence-electron chi connectivity index (χ4n) is 2.97. The van der Waals surface area contributed by atoms with Gasteiger partial charge in [-0.3, -0.25) is 4.79 Å². The number of nitrogens with two attached hydrogens (primary N) is 1. The topological polar surface area (TPSA) is 107 Å². The number of phenols is 1. The molecular weight excluding hydrogens is 303 g/mol. The number of benzene rings is 1. The molecule has 0 unspecified atom stereocenters. The molecule has 1 aliphatic heterocycles. The highest BCUT2D eigenvalue weighted by molar-refractivity contribution is 5.80. The van der Waals surface area contributed by atoms with Crippen molar-refractivity contribution >= 4 is 5.91 Å². The van der Waals surface area contributed by atoms with Crippen LogP contribution in [0.2, 0.25) is 0 Å². The van der Waals surface area contributed by atoms with Gasteiger partial charge >= 0.3 is 0 Å². The summed E-state index contributed by atoms with van der Waals surface area (Å²) < 4.78 is 13.7. The van der Waals surface area contributed by atoms with Gasteiger partial charge in [-0.1, -0.05) is 0 Å². The number of aliphatic hydroxyl groups excluding tert-OH is 2. The van der Waals surface area contributed by atoms with E-state index in [0.29, 0.717) is 37.1 Å². The standard InChI is InChI=1S/C16H23FN2O4/c1-9-6-13(21)11(7-12(9)17)15(18)10-2-4-19(5-3-10)16(23)14(22)8-20/h6-7,10,14-15,20-22H,2-5,8,18H2,1H3/t14-,15-/m1/s1. The van der Waals surface area contributed by atoms with E-state index < -0.39 is 30.5 Å². The van der Waals surface area contributed by atoms with E-state index >= 15 is 0 Å². The monoisotopic (exact) mass is 326 g/mol. The molecule has 128 valence electrons. The van der Waals surface area contributed by atoms with E-state index in [4.69, 9.17) is 10.8 Å². The molecule has 0 radical (unpaired) electrons. The van der Waals surface area contributed by atoms with E-state index in [1.807, 2.05) is 0 Å². The van der Waals surface area contributed by atoms with E-state index in [9.17, 15) is 19.4 Å². The Balaban J connectivity index is 2.03. The van der Waals surface area contributed by atoms with Crippen molar-refractivity contribution < 1.29 is 24.5 Å². The van der Waals surface area contributed by atoms with Crippen LogP contribution in [0.5, 0.6) is 5.75 Å². The number of aliphatic hydroxyl groups is 2. The number of amides is 1. The number of rotatable bonds is 4. The first-order valence-corrected chi connectivity index (χ1v) is 7.67. The van der Waals surface area contributed by atoms with Gasteiger partial charge in [0, 0.05) is 24.7 Å². The zero-order valence-electron chi connectivity index (χ0n) is 13.1. The minimum Gasteiger partial charge on any atom is -0.508 e. The van der Waals surface area contributed by atoms with E-state index in [1.54, 1.807) is 6.92 Å². The van der Waals surface area contributed by atoms with Crippen molar-refractivity contribution in [3.63, 3.8) is 0 Å². The van der Waals surface area contributed by atoms with Gasteiger partial charge in [0.15, 0.2) is 6.10 Å². The normalized spacial score (nSPS) is 18.7. The van der Waals surface area contributed by atoms with Crippen molar-refractivity contribution in [3.8, 4) is 5.75 Å². The van der Waals surface area contributed by atoms with Gasteiger partial charge in [-0.15, -0.1) is 0 Å². The quantitative estimate of drug-likeness (QED) is 0.642. The number of phenolic OH excluding ortho intramolecular Hbond substituents is 1. The molecule has 0 bridgehead atoms. The number of hydrogen-bond acceptors (Lipinski definition) is 5. The van der Waals surface area contributed by atoms with Gasteiger partial charge in [-0.25, -0.2) is 4.39 Å². The first-order chi connectivity index (χ1) is 10.8. The van der Waals surface area contributed by atoms with Gasteiger partial charge in [-0.2, -0.15) is 0 Å². The molecule has 0 saturated carbocycles. The van der Waals surface area contributed by atoms with Crippen LogP contribution in [0.15, 0.2) is 12.1 Å². The molecule has 2 atom stereocenters. The number of aromatic hydroxyl groups is 1. The van der Waals surface area contributed by atoms with Crippen molar-refractivity contribution in [2.45, 2.75) is 31.9 Å². The number of hydrogen-bond donors (Lipinski definition) is 4. The number of nitrogens with zero attached hydrogens (tertiary/aromatic N) is 1. The lowest BCUT2D eigenvalue weighted by atomic mass is 9.85. The van der Waals surface area contributed by atoms with E-state index in [1.165, 1.54) is 17.0 Å². The Morgan fingerprint density at radius 1 is 1.43 bits per heavy atom. The number of aryl methyl sites for hydroxylation is 1. The molecule has 5 N–H and O–H groups in total. The smallest absolute Gasteiger partial charge is 0.253 e. The highest BCUT2D eigenvalue weighted by Gasteiger charge is 2.30. The van der Waals surface area contributed by atoms with Gasteiger partial charge < -0.3 is 26.0 Å². The van der Waals surface area contributed by atoms with Gasteiger partial charge in [0.05, 0.1) is 6.61 Å². The molecule has 1 amide bonds. The van der Waals surface area contributed by atoms with Gasteiger partial charge in [0.25, 0.3) is 5.91 Å². The SMILES string of the molecule is Cc1cc(O)c([C@H](N)C2CCN(C(=O)[C@H](O)CO)CC2)cc1F. The van der Waals surface area contributed by atoms with Crippen LogP contribution in [0.1, 0.15) is 30.0 Å². The van der Waals surface area contributed by atoms with Crippen LogP contribution in [0.4, 0.5) is 4.39 Å². The van der Waals surface area contributed by atoms with Crippen LogP contribution in [0.25, 0.3) is 0 Å². The Morgan fingerprint density at radius 3 is 2.61 bits per heavy atom. The third-order valence-electron chi connectivity index (χ3n) is 4.48. The lowest BCUT2D eigenvalue weighted by Gasteiger charge is -2.35. The summed E-state index contributed by atoms with van der Waals surface area (Å²) in [6.07, 6.45) is -0.226. The molecule has 23 heavy (non-hydrogen) atoms. The van der Waals surface area contributed by atoms with Crippen LogP contribution in [-0.2, 0) is 4.79 Å².